The minimum Gasteiger partial charge on any atom is -0.274 e. The van der Waals surface area contributed by atoms with E-state index in [1.54, 1.807) is 13.0 Å². The Morgan fingerprint density at radius 3 is 2.88 bits per heavy atom. The van der Waals surface area contributed by atoms with Gasteiger partial charge in [-0.15, -0.1) is 0 Å². The highest BCUT2D eigenvalue weighted by Crippen LogP contribution is 2.07. The van der Waals surface area contributed by atoms with E-state index < -0.39 is 0 Å². The van der Waals surface area contributed by atoms with Crippen LogP contribution in [0.3, 0.4) is 0 Å². The van der Waals surface area contributed by atoms with Crippen LogP contribution in [0.25, 0.3) is 10.9 Å². The zero-order chi connectivity index (χ0) is 12.4. The molecule has 1 aromatic carbocycles. The molecule has 0 fully saturated rings. The molecule has 0 spiro atoms. The van der Waals surface area contributed by atoms with Crippen molar-refractivity contribution >= 4 is 39.2 Å². The first kappa shape index (κ1) is 12.1. The van der Waals surface area contributed by atoms with Crippen LogP contribution < -0.4 is 11.0 Å². The molecule has 6 heteroatoms. The highest BCUT2D eigenvalue weighted by Gasteiger charge is 2.07. The lowest BCUT2D eigenvalue weighted by molar-refractivity contribution is 0.842. The summed E-state index contributed by atoms with van der Waals surface area (Å²) in [6.45, 7) is 1.77. The summed E-state index contributed by atoms with van der Waals surface area (Å²) in [5, 5.41) is 0.578. The van der Waals surface area contributed by atoms with Crippen LogP contribution >= 0.6 is 24.0 Å². The molecular formula is C11H11N3OS2. The van der Waals surface area contributed by atoms with Gasteiger partial charge < -0.3 is 0 Å². The van der Waals surface area contributed by atoms with E-state index in [0.29, 0.717) is 21.0 Å². The number of thiocarbonyl (C=S) groups is 1. The number of fused-ring (bicyclic) bond motifs is 1. The number of aryl methyl sites for hydroxylation is 1. The normalized spacial score (nSPS) is 10.5. The molecule has 0 unspecified atom stereocenters. The Bertz CT molecular complexity index is 636. The van der Waals surface area contributed by atoms with E-state index in [-0.39, 0.29) is 5.56 Å². The average Bonchev–Trinajstić information content (AvgIpc) is 2.34. The van der Waals surface area contributed by atoms with Crippen molar-refractivity contribution in [3.05, 3.63) is 40.4 Å². The number of hydrogen-bond acceptors (Lipinski definition) is 4. The van der Waals surface area contributed by atoms with Gasteiger partial charge in [-0.2, -0.15) is 0 Å². The molecule has 0 aliphatic carbocycles. The van der Waals surface area contributed by atoms with E-state index in [1.165, 1.54) is 16.4 Å². The van der Waals surface area contributed by atoms with Gasteiger partial charge in [-0.3, -0.25) is 10.2 Å². The Kier molecular flexibility index (Phi) is 3.44. The molecule has 0 bridgehead atoms. The summed E-state index contributed by atoms with van der Waals surface area (Å²) in [6, 6.07) is 7.25. The number of thioether (sulfide) groups is 1. The largest absolute Gasteiger partial charge is 0.280 e. The Hall–Kier alpha value is -1.40. The van der Waals surface area contributed by atoms with Crippen LogP contribution in [-0.4, -0.2) is 20.2 Å². The maximum Gasteiger partial charge on any atom is 0.280 e. The molecule has 0 saturated heterocycles. The van der Waals surface area contributed by atoms with Crippen LogP contribution in [0.15, 0.2) is 29.1 Å². The first-order valence-electron chi connectivity index (χ1n) is 4.97. The number of benzene rings is 1. The Morgan fingerprint density at radius 1 is 1.47 bits per heavy atom. The predicted octanol–water partition coefficient (Wildman–Crippen LogP) is 1.90. The van der Waals surface area contributed by atoms with Gasteiger partial charge in [-0.1, -0.05) is 36.1 Å². The summed E-state index contributed by atoms with van der Waals surface area (Å²) >= 11 is 6.42. The van der Waals surface area contributed by atoms with Crippen LogP contribution in [0.1, 0.15) is 5.82 Å². The molecule has 0 aliphatic rings. The van der Waals surface area contributed by atoms with Crippen molar-refractivity contribution in [2.45, 2.75) is 6.92 Å². The molecule has 2 rings (SSSR count). The molecule has 0 aliphatic heterocycles. The molecule has 0 amide bonds. The predicted molar refractivity (Wildman–Crippen MR) is 76.2 cm³/mol. The van der Waals surface area contributed by atoms with Gasteiger partial charge in [0.15, 0.2) is 4.32 Å². The number of nitrogens with zero attached hydrogens (tertiary/aromatic N) is 2. The smallest absolute Gasteiger partial charge is 0.274 e. The number of para-hydroxylation sites is 1. The van der Waals surface area contributed by atoms with E-state index in [9.17, 15) is 4.79 Å². The van der Waals surface area contributed by atoms with Gasteiger partial charge in [-0.05, 0) is 25.3 Å². The van der Waals surface area contributed by atoms with Crippen molar-refractivity contribution in [2.75, 3.05) is 11.7 Å². The molecule has 1 heterocycles. The Balaban J connectivity index is 2.64. The van der Waals surface area contributed by atoms with Gasteiger partial charge in [0.1, 0.15) is 5.82 Å². The molecule has 4 nitrogen and oxygen atoms in total. The van der Waals surface area contributed by atoms with Crippen molar-refractivity contribution in [1.29, 1.82) is 0 Å². The monoisotopic (exact) mass is 265 g/mol. The third kappa shape index (κ3) is 2.32. The summed E-state index contributed by atoms with van der Waals surface area (Å²) in [5.41, 5.74) is 3.42. The highest BCUT2D eigenvalue weighted by atomic mass is 32.2. The summed E-state index contributed by atoms with van der Waals surface area (Å²) in [6.07, 6.45) is 1.85. The third-order valence-corrected chi connectivity index (χ3v) is 3.39. The fraction of sp³-hybridized carbons (Fsp3) is 0.182. The second kappa shape index (κ2) is 4.85. The molecule has 0 saturated carbocycles. The van der Waals surface area contributed by atoms with E-state index in [0.717, 1.165) is 0 Å². The van der Waals surface area contributed by atoms with Crippen LogP contribution in [0.2, 0.25) is 0 Å². The first-order chi connectivity index (χ1) is 8.13. The van der Waals surface area contributed by atoms with E-state index in [1.807, 2.05) is 24.5 Å². The molecule has 0 radical (unpaired) electrons. The zero-order valence-corrected chi connectivity index (χ0v) is 11.1. The molecule has 0 atom stereocenters. The minimum atomic E-state index is -0.135. The molecule has 1 N–H and O–H groups in total. The van der Waals surface area contributed by atoms with Crippen LogP contribution in [-0.2, 0) is 0 Å². The quantitative estimate of drug-likeness (QED) is 0.798. The summed E-state index contributed by atoms with van der Waals surface area (Å²) in [7, 11) is 0. The van der Waals surface area contributed by atoms with Gasteiger partial charge in [0.25, 0.3) is 5.56 Å². The Labute approximate surface area is 108 Å². The SMILES string of the molecule is CSC(=S)Nn1c(C)nc2ccccc2c1=O. The highest BCUT2D eigenvalue weighted by molar-refractivity contribution is 8.22. The lowest BCUT2D eigenvalue weighted by atomic mass is 10.2. The third-order valence-electron chi connectivity index (χ3n) is 2.33. The lowest BCUT2D eigenvalue weighted by Gasteiger charge is -2.12. The molecule has 2 aromatic rings. The maximum absolute atomic E-state index is 12.2. The minimum absolute atomic E-state index is 0.135. The molecule has 88 valence electrons. The second-order valence-corrected chi connectivity index (χ2v) is 4.90. The van der Waals surface area contributed by atoms with Crippen molar-refractivity contribution in [3.63, 3.8) is 0 Å². The van der Waals surface area contributed by atoms with E-state index >= 15 is 0 Å². The zero-order valence-electron chi connectivity index (χ0n) is 9.43. The van der Waals surface area contributed by atoms with Gasteiger partial charge in [0.2, 0.25) is 0 Å². The molecule has 1 aromatic heterocycles. The fourth-order valence-corrected chi connectivity index (χ4v) is 1.79. The average molecular weight is 265 g/mol. The van der Waals surface area contributed by atoms with Crippen molar-refractivity contribution in [1.82, 2.24) is 9.66 Å². The van der Waals surface area contributed by atoms with Crippen molar-refractivity contribution in [2.24, 2.45) is 0 Å². The summed E-state index contributed by atoms with van der Waals surface area (Å²) in [4.78, 5) is 16.5. The van der Waals surface area contributed by atoms with E-state index in [2.05, 4.69) is 10.4 Å². The van der Waals surface area contributed by atoms with Gasteiger partial charge in [-0.25, -0.2) is 9.66 Å². The van der Waals surface area contributed by atoms with Crippen LogP contribution in [0.5, 0.6) is 0 Å². The standard InChI is InChI=1S/C11H11N3OS2/c1-7-12-9-6-4-3-5-8(9)10(15)14(7)13-11(16)17-2/h3-6H,1-2H3,(H,13,16). The van der Waals surface area contributed by atoms with Gasteiger partial charge in [0.05, 0.1) is 10.9 Å². The molecular weight excluding hydrogens is 254 g/mol. The summed E-state index contributed by atoms with van der Waals surface area (Å²) in [5.74, 6) is 0.588. The number of aromatic nitrogens is 2. The van der Waals surface area contributed by atoms with Gasteiger partial charge >= 0.3 is 0 Å². The number of rotatable bonds is 1. The van der Waals surface area contributed by atoms with Crippen LogP contribution in [0.4, 0.5) is 0 Å². The summed E-state index contributed by atoms with van der Waals surface area (Å²) < 4.78 is 1.91. The topological polar surface area (TPSA) is 46.9 Å². The van der Waals surface area contributed by atoms with E-state index in [4.69, 9.17) is 12.2 Å². The molecule has 17 heavy (non-hydrogen) atoms. The van der Waals surface area contributed by atoms with Crippen molar-refractivity contribution in [3.8, 4) is 0 Å². The maximum atomic E-state index is 12.2. The number of nitrogens with one attached hydrogen (secondary N) is 1. The number of hydrogen-bond donors (Lipinski definition) is 1. The van der Waals surface area contributed by atoms with Gasteiger partial charge in [0, 0.05) is 0 Å². The second-order valence-electron chi connectivity index (χ2n) is 3.42. The van der Waals surface area contributed by atoms with Crippen molar-refractivity contribution < 1.29 is 0 Å². The first-order valence-corrected chi connectivity index (χ1v) is 6.60. The lowest BCUT2D eigenvalue weighted by Crippen LogP contribution is -2.33. The fourth-order valence-electron chi connectivity index (χ4n) is 1.51. The van der Waals surface area contributed by atoms with Crippen LogP contribution in [0, 0.1) is 6.92 Å². The Morgan fingerprint density at radius 2 is 2.18 bits per heavy atom.